The van der Waals surface area contributed by atoms with E-state index in [1.165, 1.54) is 22.4 Å². The van der Waals surface area contributed by atoms with E-state index in [9.17, 15) is 0 Å². The number of aromatic nitrogens is 1. The number of ether oxygens (including phenoxy) is 1. The van der Waals surface area contributed by atoms with Crippen molar-refractivity contribution >= 4 is 0 Å². The van der Waals surface area contributed by atoms with Crippen LogP contribution in [0.15, 0.2) is 36.4 Å². The van der Waals surface area contributed by atoms with Crippen LogP contribution in [0.5, 0.6) is 0 Å². The molecule has 1 aliphatic rings. The van der Waals surface area contributed by atoms with Crippen molar-refractivity contribution < 1.29 is 4.74 Å². The molecule has 3 nitrogen and oxygen atoms in total. The molecule has 2 aromatic rings. The molecule has 0 saturated carbocycles. The van der Waals surface area contributed by atoms with E-state index >= 15 is 0 Å². The molecule has 1 unspecified atom stereocenters. The average Bonchev–Trinajstić information content (AvgIpc) is 2.62. The minimum atomic E-state index is 0.435. The summed E-state index contributed by atoms with van der Waals surface area (Å²) in [5.74, 6) is 0. The highest BCUT2D eigenvalue weighted by molar-refractivity contribution is 5.60. The fourth-order valence-corrected chi connectivity index (χ4v) is 3.20. The predicted molar refractivity (Wildman–Crippen MR) is 94.6 cm³/mol. The van der Waals surface area contributed by atoms with E-state index < -0.39 is 0 Å². The lowest BCUT2D eigenvalue weighted by molar-refractivity contribution is 0.0198. The van der Waals surface area contributed by atoms with Crippen molar-refractivity contribution in [3.05, 3.63) is 53.2 Å². The normalized spacial score (nSPS) is 17.2. The van der Waals surface area contributed by atoms with Crippen LogP contribution >= 0.6 is 0 Å². The van der Waals surface area contributed by atoms with E-state index in [4.69, 9.17) is 9.72 Å². The van der Waals surface area contributed by atoms with Gasteiger partial charge in [-0.15, -0.1) is 0 Å². The molecule has 3 heteroatoms. The van der Waals surface area contributed by atoms with Crippen molar-refractivity contribution in [3.63, 3.8) is 0 Å². The van der Waals surface area contributed by atoms with E-state index in [0.717, 1.165) is 38.4 Å². The highest BCUT2D eigenvalue weighted by Crippen LogP contribution is 2.25. The van der Waals surface area contributed by atoms with Gasteiger partial charge in [-0.25, -0.2) is 0 Å². The van der Waals surface area contributed by atoms with Crippen molar-refractivity contribution in [1.82, 2.24) is 9.88 Å². The molecule has 0 amide bonds. The number of hydrogen-bond acceptors (Lipinski definition) is 3. The first-order valence-corrected chi connectivity index (χ1v) is 8.57. The van der Waals surface area contributed by atoms with Gasteiger partial charge in [0.15, 0.2) is 0 Å². The van der Waals surface area contributed by atoms with Crippen LogP contribution < -0.4 is 0 Å². The number of pyridine rings is 1. The lowest BCUT2D eigenvalue weighted by Crippen LogP contribution is -2.37. The Labute approximate surface area is 139 Å². The van der Waals surface area contributed by atoms with Gasteiger partial charge in [0.25, 0.3) is 0 Å². The Morgan fingerprint density at radius 2 is 1.78 bits per heavy atom. The zero-order chi connectivity index (χ0) is 16.2. The van der Waals surface area contributed by atoms with Crippen LogP contribution in [0.1, 0.15) is 36.7 Å². The second-order valence-electron chi connectivity index (χ2n) is 6.26. The molecule has 1 atom stereocenters. The molecule has 1 fully saturated rings. The van der Waals surface area contributed by atoms with Gasteiger partial charge in [-0.05, 0) is 37.5 Å². The minimum absolute atomic E-state index is 0.435. The Balaban J connectivity index is 1.78. The first kappa shape index (κ1) is 16.2. The fraction of sp³-hybridized carbons (Fsp3) is 0.450. The van der Waals surface area contributed by atoms with Gasteiger partial charge in [0.1, 0.15) is 0 Å². The lowest BCUT2D eigenvalue weighted by atomic mass is 10.0. The van der Waals surface area contributed by atoms with Gasteiger partial charge in [0.2, 0.25) is 0 Å². The van der Waals surface area contributed by atoms with Crippen LogP contribution in [-0.2, 0) is 11.2 Å². The van der Waals surface area contributed by atoms with Gasteiger partial charge in [-0.2, -0.15) is 0 Å². The number of aryl methyl sites for hydroxylation is 2. The third-order valence-corrected chi connectivity index (χ3v) is 4.82. The molecule has 1 aromatic carbocycles. The predicted octanol–water partition coefficient (Wildman–Crippen LogP) is 4.01. The van der Waals surface area contributed by atoms with Crippen molar-refractivity contribution in [1.29, 1.82) is 0 Å². The lowest BCUT2D eigenvalue weighted by Gasteiger charge is -2.32. The Kier molecular flexibility index (Phi) is 5.09. The van der Waals surface area contributed by atoms with Crippen LogP contribution in [0.4, 0.5) is 0 Å². The van der Waals surface area contributed by atoms with Crippen molar-refractivity contribution in [2.24, 2.45) is 0 Å². The molecule has 2 heterocycles. The topological polar surface area (TPSA) is 25.4 Å². The standard InChI is InChI=1S/C20H26N2O/c1-4-19-15(2)5-10-20(21-19)18-8-6-17(7-9-18)16(3)22-11-13-23-14-12-22/h5-10,16H,4,11-14H2,1-3H3. The number of hydrogen-bond donors (Lipinski definition) is 0. The van der Waals surface area contributed by atoms with Gasteiger partial charge in [-0.1, -0.05) is 37.3 Å². The Morgan fingerprint density at radius 3 is 2.43 bits per heavy atom. The molecular weight excluding hydrogens is 284 g/mol. The Bertz CT molecular complexity index is 645. The maximum absolute atomic E-state index is 5.44. The summed E-state index contributed by atoms with van der Waals surface area (Å²) < 4.78 is 5.44. The van der Waals surface area contributed by atoms with Crippen molar-refractivity contribution in [2.45, 2.75) is 33.2 Å². The van der Waals surface area contributed by atoms with E-state index in [1.807, 2.05) is 0 Å². The fourth-order valence-electron chi connectivity index (χ4n) is 3.20. The quantitative estimate of drug-likeness (QED) is 0.853. The maximum Gasteiger partial charge on any atom is 0.0705 e. The van der Waals surface area contributed by atoms with Gasteiger partial charge >= 0.3 is 0 Å². The molecule has 0 N–H and O–H groups in total. The summed E-state index contributed by atoms with van der Waals surface area (Å²) in [4.78, 5) is 7.28. The molecule has 1 aliphatic heterocycles. The van der Waals surface area contributed by atoms with Crippen LogP contribution in [0.25, 0.3) is 11.3 Å². The number of rotatable bonds is 4. The molecule has 3 rings (SSSR count). The van der Waals surface area contributed by atoms with Crippen molar-refractivity contribution in [3.8, 4) is 11.3 Å². The van der Waals surface area contributed by atoms with Gasteiger partial charge in [-0.3, -0.25) is 9.88 Å². The SMILES string of the molecule is CCc1nc(-c2ccc(C(C)N3CCOCC3)cc2)ccc1C. The zero-order valence-electron chi connectivity index (χ0n) is 14.4. The minimum Gasteiger partial charge on any atom is -0.379 e. The van der Waals surface area contributed by atoms with Crippen LogP contribution in [0, 0.1) is 6.92 Å². The summed E-state index contributed by atoms with van der Waals surface area (Å²) in [5.41, 5.74) is 6.08. The highest BCUT2D eigenvalue weighted by atomic mass is 16.5. The number of benzene rings is 1. The first-order chi connectivity index (χ1) is 11.2. The Hall–Kier alpha value is -1.71. The summed E-state index contributed by atoms with van der Waals surface area (Å²) in [5, 5.41) is 0. The molecule has 0 spiro atoms. The largest absolute Gasteiger partial charge is 0.379 e. The van der Waals surface area contributed by atoms with Crippen molar-refractivity contribution in [2.75, 3.05) is 26.3 Å². The highest BCUT2D eigenvalue weighted by Gasteiger charge is 2.18. The number of morpholine rings is 1. The average molecular weight is 310 g/mol. The van der Waals surface area contributed by atoms with Gasteiger partial charge in [0, 0.05) is 30.4 Å². The second-order valence-corrected chi connectivity index (χ2v) is 6.26. The summed E-state index contributed by atoms with van der Waals surface area (Å²) >= 11 is 0. The maximum atomic E-state index is 5.44. The second kappa shape index (κ2) is 7.24. The van der Waals surface area contributed by atoms with E-state index in [-0.39, 0.29) is 0 Å². The van der Waals surface area contributed by atoms with Gasteiger partial charge < -0.3 is 4.74 Å². The van der Waals surface area contributed by atoms with E-state index in [0.29, 0.717) is 6.04 Å². The molecule has 0 aliphatic carbocycles. The van der Waals surface area contributed by atoms with E-state index in [2.05, 4.69) is 62.1 Å². The molecule has 122 valence electrons. The van der Waals surface area contributed by atoms with Gasteiger partial charge in [0.05, 0.1) is 18.9 Å². The monoisotopic (exact) mass is 310 g/mol. The molecule has 0 bridgehead atoms. The zero-order valence-corrected chi connectivity index (χ0v) is 14.4. The molecule has 1 saturated heterocycles. The smallest absolute Gasteiger partial charge is 0.0705 e. The summed E-state index contributed by atoms with van der Waals surface area (Å²) in [6.07, 6.45) is 0.978. The molecular formula is C20H26N2O. The molecule has 1 aromatic heterocycles. The van der Waals surface area contributed by atoms with Crippen LogP contribution in [0.3, 0.4) is 0 Å². The summed E-state index contributed by atoms with van der Waals surface area (Å²) in [6, 6.07) is 13.6. The third-order valence-electron chi connectivity index (χ3n) is 4.82. The van der Waals surface area contributed by atoms with Crippen LogP contribution in [-0.4, -0.2) is 36.2 Å². The van der Waals surface area contributed by atoms with E-state index in [1.54, 1.807) is 0 Å². The number of nitrogens with zero attached hydrogens (tertiary/aromatic N) is 2. The van der Waals surface area contributed by atoms with Crippen LogP contribution in [0.2, 0.25) is 0 Å². The molecule has 23 heavy (non-hydrogen) atoms. The first-order valence-electron chi connectivity index (χ1n) is 8.57. The summed E-state index contributed by atoms with van der Waals surface area (Å²) in [6.45, 7) is 10.3. The Morgan fingerprint density at radius 1 is 1.09 bits per heavy atom. The third kappa shape index (κ3) is 3.62. The molecule has 0 radical (unpaired) electrons. The summed E-state index contributed by atoms with van der Waals surface area (Å²) in [7, 11) is 0.